The Morgan fingerprint density at radius 2 is 0.905 bits per heavy atom. The van der Waals surface area contributed by atoms with Crippen molar-refractivity contribution in [2.24, 2.45) is 0 Å². The van der Waals surface area contributed by atoms with Crippen molar-refractivity contribution in [3.63, 3.8) is 0 Å². The first-order valence-electron chi connectivity index (χ1n) is 17.3. The van der Waals surface area contributed by atoms with Crippen LogP contribution in [-0.2, 0) is 9.47 Å². The van der Waals surface area contributed by atoms with Crippen LogP contribution >= 0.6 is 11.8 Å². The molecular formula is C34H66N2O5S. The summed E-state index contributed by atoms with van der Waals surface area (Å²) in [6.45, 7) is 10.7. The van der Waals surface area contributed by atoms with Crippen molar-refractivity contribution >= 4 is 29.2 Å². The lowest BCUT2D eigenvalue weighted by Crippen LogP contribution is -2.44. The van der Waals surface area contributed by atoms with Crippen LogP contribution in [0.4, 0.5) is 14.4 Å². The first kappa shape index (κ1) is 40.7. The van der Waals surface area contributed by atoms with Crippen LogP contribution in [-0.4, -0.2) is 65.3 Å². The second-order valence-electron chi connectivity index (χ2n) is 12.1. The molecule has 1 atom stereocenters. The summed E-state index contributed by atoms with van der Waals surface area (Å²) in [6, 6.07) is 0.0996. The van der Waals surface area contributed by atoms with E-state index < -0.39 is 17.4 Å². The van der Waals surface area contributed by atoms with Gasteiger partial charge in [-0.05, 0) is 72.4 Å². The van der Waals surface area contributed by atoms with E-state index in [1.54, 1.807) is 0 Å². The summed E-state index contributed by atoms with van der Waals surface area (Å²) in [6.07, 6.45) is 17.9. The van der Waals surface area contributed by atoms with E-state index in [-0.39, 0.29) is 18.2 Å². The van der Waals surface area contributed by atoms with E-state index in [4.69, 9.17) is 9.47 Å². The maximum Gasteiger partial charge on any atom is 0.427 e. The molecule has 0 aromatic heterocycles. The predicted molar refractivity (Wildman–Crippen MR) is 178 cm³/mol. The highest BCUT2D eigenvalue weighted by molar-refractivity contribution is 8.13. The van der Waals surface area contributed by atoms with Gasteiger partial charge in [0.25, 0.3) is 0 Å². The topological polar surface area (TPSA) is 76.1 Å². The van der Waals surface area contributed by atoms with E-state index in [2.05, 4.69) is 27.7 Å². The maximum absolute atomic E-state index is 13.5. The van der Waals surface area contributed by atoms with Crippen molar-refractivity contribution in [2.75, 3.05) is 19.8 Å². The van der Waals surface area contributed by atoms with Gasteiger partial charge in [0.2, 0.25) is 0 Å². The molecule has 0 saturated heterocycles. The number of rotatable bonds is 25. The summed E-state index contributed by atoms with van der Waals surface area (Å²) in [7, 11) is 3.89. The Hall–Kier alpha value is -1.28. The molecule has 0 aromatic rings. The van der Waals surface area contributed by atoms with Crippen molar-refractivity contribution in [1.29, 1.82) is 0 Å². The summed E-state index contributed by atoms with van der Waals surface area (Å²) in [5.41, 5.74) is 0. The van der Waals surface area contributed by atoms with Crippen molar-refractivity contribution in [1.82, 2.24) is 9.80 Å². The number of nitrogens with zero attached hydrogens (tertiary/aromatic N) is 2. The fourth-order valence-electron chi connectivity index (χ4n) is 4.74. The van der Waals surface area contributed by atoms with Crippen molar-refractivity contribution < 1.29 is 23.9 Å². The number of ether oxygens (including phenoxy) is 2. The van der Waals surface area contributed by atoms with Crippen LogP contribution in [0.25, 0.3) is 0 Å². The van der Waals surface area contributed by atoms with E-state index in [0.29, 0.717) is 10.7 Å². The number of imide groups is 3. The fraction of sp³-hybridized carbons (Fsp3) is 0.912. The van der Waals surface area contributed by atoms with Crippen LogP contribution in [0, 0.1) is 0 Å². The Balaban J connectivity index is 5.71. The molecule has 0 aliphatic heterocycles. The van der Waals surface area contributed by atoms with Gasteiger partial charge in [-0.25, -0.2) is 9.59 Å². The smallest absolute Gasteiger partial charge is 0.427 e. The molecule has 1 unspecified atom stereocenters. The Morgan fingerprint density at radius 3 is 1.19 bits per heavy atom. The van der Waals surface area contributed by atoms with Crippen molar-refractivity contribution in [2.45, 2.75) is 181 Å². The molecule has 0 N–H and O–H groups in total. The molecule has 0 radical (unpaired) electrons. The molecule has 248 valence electrons. The molecule has 0 rings (SSSR count). The number of unbranched alkanes of at least 4 members (excludes halogenated alkanes) is 12. The second kappa shape index (κ2) is 27.3. The third-order valence-electron chi connectivity index (χ3n) is 7.93. The highest BCUT2D eigenvalue weighted by Crippen LogP contribution is 2.22. The maximum atomic E-state index is 13.5. The molecule has 0 aliphatic rings. The summed E-state index contributed by atoms with van der Waals surface area (Å²) >= 11 is 0.973. The molecule has 8 heteroatoms. The monoisotopic (exact) mass is 614 g/mol. The molecule has 0 heterocycles. The van der Waals surface area contributed by atoms with Crippen LogP contribution in [0.1, 0.15) is 163 Å². The molecule has 42 heavy (non-hydrogen) atoms. The lowest BCUT2D eigenvalue weighted by Gasteiger charge is -2.26. The van der Waals surface area contributed by atoms with Crippen LogP contribution < -0.4 is 0 Å². The highest BCUT2D eigenvalue weighted by atomic mass is 32.2. The number of amides is 3. The number of hydrogen-bond acceptors (Lipinski definition) is 7. The SMILES string of the molecule is CCCCCCC(CCCCCC)OC(=O)N(C(=O)OC(CCCCCC)CCCCCC)C(=O)SCC(C)N(C)C. The summed E-state index contributed by atoms with van der Waals surface area (Å²) < 4.78 is 11.8. The summed E-state index contributed by atoms with van der Waals surface area (Å²) in [5, 5.41) is -0.620. The van der Waals surface area contributed by atoms with Gasteiger partial charge in [0.1, 0.15) is 12.2 Å². The minimum Gasteiger partial charge on any atom is -0.445 e. The largest absolute Gasteiger partial charge is 0.445 e. The summed E-state index contributed by atoms with van der Waals surface area (Å²) in [5.74, 6) is 0.456. The molecule has 0 aromatic carbocycles. The van der Waals surface area contributed by atoms with Crippen molar-refractivity contribution in [3.05, 3.63) is 0 Å². The van der Waals surface area contributed by atoms with E-state index >= 15 is 0 Å². The number of carbonyl (C=O) groups is 3. The first-order valence-corrected chi connectivity index (χ1v) is 18.2. The van der Waals surface area contributed by atoms with Gasteiger partial charge in [-0.1, -0.05) is 117 Å². The average molecular weight is 615 g/mol. The van der Waals surface area contributed by atoms with E-state index in [1.807, 2.05) is 25.9 Å². The third-order valence-corrected chi connectivity index (χ3v) is 9.01. The van der Waals surface area contributed by atoms with Gasteiger partial charge >= 0.3 is 17.4 Å². The van der Waals surface area contributed by atoms with Crippen LogP contribution in [0.15, 0.2) is 0 Å². The van der Waals surface area contributed by atoms with Crippen molar-refractivity contribution in [3.8, 4) is 0 Å². The quantitative estimate of drug-likeness (QED) is 0.0947. The van der Waals surface area contributed by atoms with Gasteiger partial charge in [-0.2, -0.15) is 0 Å². The summed E-state index contributed by atoms with van der Waals surface area (Å²) in [4.78, 5) is 43.1. The zero-order valence-corrected chi connectivity index (χ0v) is 29.2. The predicted octanol–water partition coefficient (Wildman–Crippen LogP) is 11.0. The lowest BCUT2D eigenvalue weighted by molar-refractivity contribution is 0.0394. The van der Waals surface area contributed by atoms with Crippen LogP contribution in [0.2, 0.25) is 0 Å². The van der Waals surface area contributed by atoms with Gasteiger partial charge in [0.05, 0.1) is 0 Å². The van der Waals surface area contributed by atoms with Gasteiger partial charge in [-0.3, -0.25) is 4.79 Å². The molecule has 7 nitrogen and oxygen atoms in total. The number of thioether (sulfide) groups is 1. The fourth-order valence-corrected chi connectivity index (χ4v) is 5.70. The van der Waals surface area contributed by atoms with Crippen LogP contribution in [0.3, 0.4) is 0 Å². The number of carbonyl (C=O) groups excluding carboxylic acids is 3. The average Bonchev–Trinajstić information content (AvgIpc) is 2.96. The zero-order chi connectivity index (χ0) is 31.6. The lowest BCUT2D eigenvalue weighted by atomic mass is 10.0. The van der Waals surface area contributed by atoms with Gasteiger partial charge in [-0.15, -0.1) is 4.90 Å². The van der Waals surface area contributed by atoms with Crippen LogP contribution in [0.5, 0.6) is 0 Å². The van der Waals surface area contributed by atoms with Gasteiger partial charge in [0.15, 0.2) is 0 Å². The normalized spacial score (nSPS) is 12.2. The molecule has 0 fully saturated rings. The second-order valence-corrected chi connectivity index (χ2v) is 13.1. The van der Waals surface area contributed by atoms with E-state index in [9.17, 15) is 14.4 Å². The Morgan fingerprint density at radius 1 is 0.571 bits per heavy atom. The molecule has 0 saturated carbocycles. The third kappa shape index (κ3) is 20.6. The van der Waals surface area contributed by atoms with Gasteiger partial charge in [0, 0.05) is 11.8 Å². The molecule has 3 amide bonds. The van der Waals surface area contributed by atoms with E-state index in [1.165, 1.54) is 0 Å². The Bertz CT molecular complexity index is 625. The minimum absolute atomic E-state index is 0.0996. The van der Waals surface area contributed by atoms with E-state index in [0.717, 1.165) is 140 Å². The minimum atomic E-state index is -0.887. The highest BCUT2D eigenvalue weighted by Gasteiger charge is 2.35. The molecule has 0 aliphatic carbocycles. The standard InChI is InChI=1S/C34H66N2O5S/c1-8-12-16-20-24-30(25-21-17-13-9-2)40-32(37)36(34(39)42-28-29(5)35(6)7)33(38)41-31(26-22-18-14-10-3)27-23-19-15-11-4/h29-31H,8-28H2,1-7H3. The molecular weight excluding hydrogens is 548 g/mol. The zero-order valence-electron chi connectivity index (χ0n) is 28.4. The van der Waals surface area contributed by atoms with Gasteiger partial charge < -0.3 is 14.4 Å². The molecule has 0 bridgehead atoms. The Kier molecular flexibility index (Phi) is 26.5. The first-order chi connectivity index (χ1) is 20.2. The molecule has 0 spiro atoms. The Labute approximate surface area is 263 Å². The number of hydrogen-bond donors (Lipinski definition) is 0.